The predicted molar refractivity (Wildman–Crippen MR) is 123 cm³/mol. The summed E-state index contributed by atoms with van der Waals surface area (Å²) in [4.78, 5) is 16.9. The van der Waals surface area contributed by atoms with E-state index in [0.717, 1.165) is 80.6 Å². The van der Waals surface area contributed by atoms with E-state index in [4.69, 9.17) is 9.47 Å². The van der Waals surface area contributed by atoms with Gasteiger partial charge in [-0.15, -0.1) is 0 Å². The van der Waals surface area contributed by atoms with E-state index >= 15 is 0 Å². The Balaban J connectivity index is 1.35. The maximum absolute atomic E-state index is 13.1. The predicted octanol–water partition coefficient (Wildman–Crippen LogP) is 2.27. The highest BCUT2D eigenvalue weighted by Gasteiger charge is 2.27. The van der Waals surface area contributed by atoms with Gasteiger partial charge in [-0.1, -0.05) is 12.1 Å². The second kappa shape index (κ2) is 9.88. The molecule has 2 aliphatic rings. The van der Waals surface area contributed by atoms with Gasteiger partial charge in [0, 0.05) is 30.1 Å². The topological polar surface area (TPSA) is 48.1 Å². The molecule has 0 radical (unpaired) electrons. The van der Waals surface area contributed by atoms with E-state index in [2.05, 4.69) is 41.5 Å². The first-order valence-corrected chi connectivity index (χ1v) is 11.7. The molecule has 1 N–H and O–H groups in total. The van der Waals surface area contributed by atoms with Crippen molar-refractivity contribution in [1.82, 2.24) is 4.57 Å². The normalized spacial score (nSPS) is 19.7. The van der Waals surface area contributed by atoms with Crippen molar-refractivity contribution in [2.75, 3.05) is 50.8 Å². The van der Waals surface area contributed by atoms with Gasteiger partial charge in [0.15, 0.2) is 0 Å². The molecule has 3 heterocycles. The van der Waals surface area contributed by atoms with Crippen molar-refractivity contribution in [2.45, 2.75) is 46.3 Å². The van der Waals surface area contributed by atoms with Crippen LogP contribution in [0.4, 0.5) is 5.69 Å². The molecular weight excluding hydrogens is 390 g/mol. The van der Waals surface area contributed by atoms with Crippen LogP contribution >= 0.6 is 0 Å². The average molecular weight is 427 g/mol. The number of ether oxygens (including phenoxy) is 2. The minimum atomic E-state index is 0.254. The van der Waals surface area contributed by atoms with Crippen molar-refractivity contribution >= 4 is 11.5 Å². The average Bonchev–Trinajstić information content (AvgIpc) is 3.39. The maximum atomic E-state index is 13.1. The molecule has 0 saturated carbocycles. The van der Waals surface area contributed by atoms with E-state index in [-0.39, 0.29) is 11.9 Å². The van der Waals surface area contributed by atoms with Crippen LogP contribution in [-0.2, 0) is 11.3 Å². The van der Waals surface area contributed by atoms with Crippen LogP contribution < -0.4 is 14.5 Å². The number of aryl methyl sites for hydroxylation is 1. The highest BCUT2D eigenvalue weighted by atomic mass is 16.5. The largest absolute Gasteiger partial charge is 0.492 e. The number of quaternary nitrogens is 1. The zero-order chi connectivity index (χ0) is 21.8. The molecule has 2 saturated heterocycles. The first-order valence-electron chi connectivity index (χ1n) is 11.7. The Labute approximate surface area is 185 Å². The Morgan fingerprint density at radius 1 is 1.23 bits per heavy atom. The quantitative estimate of drug-likeness (QED) is 0.658. The summed E-state index contributed by atoms with van der Waals surface area (Å²) in [6.45, 7) is 12.9. The lowest BCUT2D eigenvalue weighted by molar-refractivity contribution is -0.892. The standard InChI is InChI=1S/C25H35N3O3/c1-4-30-25-10-6-5-9-23(25)27-13-11-26(12-14-27)18-24(29)22-16-19(2)28(20(22)3)17-21-8-7-15-31-21/h5-6,9-10,16,21H,4,7-8,11-15,17-18H2,1-3H3/p+1/t21-/m1/s1. The van der Waals surface area contributed by atoms with Crippen molar-refractivity contribution in [1.29, 1.82) is 0 Å². The third kappa shape index (κ3) is 4.96. The van der Waals surface area contributed by atoms with Gasteiger partial charge in [0.2, 0.25) is 5.78 Å². The minimum Gasteiger partial charge on any atom is -0.492 e. The summed E-state index contributed by atoms with van der Waals surface area (Å²) >= 11 is 0. The van der Waals surface area contributed by atoms with Crippen LogP contribution in [0.1, 0.15) is 41.5 Å². The number of anilines is 1. The summed E-state index contributed by atoms with van der Waals surface area (Å²) < 4.78 is 13.9. The Hall–Kier alpha value is -2.31. The molecule has 0 amide bonds. The molecule has 1 aromatic heterocycles. The van der Waals surface area contributed by atoms with Gasteiger partial charge >= 0.3 is 0 Å². The molecule has 1 aromatic carbocycles. The third-order valence-corrected chi connectivity index (χ3v) is 6.67. The molecule has 1 atom stereocenters. The summed E-state index contributed by atoms with van der Waals surface area (Å²) in [7, 11) is 0. The monoisotopic (exact) mass is 426 g/mol. The van der Waals surface area contributed by atoms with Crippen LogP contribution in [0.15, 0.2) is 30.3 Å². The molecule has 0 bridgehead atoms. The van der Waals surface area contributed by atoms with Gasteiger partial charge in [-0.3, -0.25) is 4.79 Å². The van der Waals surface area contributed by atoms with Gasteiger partial charge < -0.3 is 23.8 Å². The number of aromatic nitrogens is 1. The van der Waals surface area contributed by atoms with Gasteiger partial charge in [0.1, 0.15) is 12.3 Å². The lowest BCUT2D eigenvalue weighted by Gasteiger charge is -2.34. The number of benzene rings is 1. The zero-order valence-electron chi connectivity index (χ0n) is 19.2. The molecular formula is C25H36N3O3+. The van der Waals surface area contributed by atoms with E-state index in [9.17, 15) is 4.79 Å². The second-order valence-electron chi connectivity index (χ2n) is 8.77. The molecule has 168 valence electrons. The van der Waals surface area contributed by atoms with Gasteiger partial charge in [0.05, 0.1) is 44.6 Å². The number of hydrogen-bond acceptors (Lipinski definition) is 4. The van der Waals surface area contributed by atoms with Crippen LogP contribution in [0.3, 0.4) is 0 Å². The molecule has 6 heteroatoms. The van der Waals surface area contributed by atoms with E-state index in [1.165, 1.54) is 4.90 Å². The summed E-state index contributed by atoms with van der Waals surface area (Å²) in [5, 5.41) is 0. The Kier molecular flexibility index (Phi) is 6.98. The van der Waals surface area contributed by atoms with Crippen LogP contribution in [0, 0.1) is 13.8 Å². The number of Topliss-reactive ketones (excluding diaryl/α,β-unsaturated/α-hetero) is 1. The number of carbonyl (C=O) groups is 1. The van der Waals surface area contributed by atoms with Crippen LogP contribution in [0.2, 0.25) is 0 Å². The molecule has 2 aliphatic heterocycles. The SMILES string of the molecule is CCOc1ccccc1N1CC[NH+](CC(=O)c2cc(C)n(C[C@H]3CCCO3)c2C)CC1. The number of nitrogens with zero attached hydrogens (tertiary/aromatic N) is 2. The number of ketones is 1. The fourth-order valence-electron chi connectivity index (χ4n) is 4.92. The molecule has 31 heavy (non-hydrogen) atoms. The van der Waals surface area contributed by atoms with Crippen LogP contribution in [-0.4, -0.2) is 62.4 Å². The number of carbonyl (C=O) groups excluding carboxylic acids is 1. The van der Waals surface area contributed by atoms with Gasteiger partial charge in [-0.05, 0) is 51.8 Å². The molecule has 2 fully saturated rings. The fraction of sp³-hybridized carbons (Fsp3) is 0.560. The molecule has 6 nitrogen and oxygen atoms in total. The first kappa shape index (κ1) is 21.9. The van der Waals surface area contributed by atoms with Crippen molar-refractivity contribution in [3.05, 3.63) is 47.3 Å². The van der Waals surface area contributed by atoms with Crippen molar-refractivity contribution in [2.24, 2.45) is 0 Å². The number of nitrogens with one attached hydrogen (secondary N) is 1. The minimum absolute atomic E-state index is 0.254. The highest BCUT2D eigenvalue weighted by molar-refractivity contribution is 5.98. The molecule has 4 rings (SSSR count). The van der Waals surface area contributed by atoms with E-state index in [1.807, 2.05) is 19.1 Å². The summed E-state index contributed by atoms with van der Waals surface area (Å²) in [6.07, 6.45) is 2.53. The van der Waals surface area contributed by atoms with E-state index < -0.39 is 0 Å². The summed E-state index contributed by atoms with van der Waals surface area (Å²) in [5.41, 5.74) is 4.28. The van der Waals surface area contributed by atoms with Crippen LogP contribution in [0.5, 0.6) is 5.75 Å². The van der Waals surface area contributed by atoms with Crippen molar-refractivity contribution in [3.63, 3.8) is 0 Å². The van der Waals surface area contributed by atoms with Crippen molar-refractivity contribution < 1.29 is 19.2 Å². The molecule has 0 spiro atoms. The molecule has 0 aliphatic carbocycles. The summed E-state index contributed by atoms with van der Waals surface area (Å²) in [5.74, 6) is 1.20. The van der Waals surface area contributed by atoms with Crippen molar-refractivity contribution in [3.8, 4) is 5.75 Å². The lowest BCUT2D eigenvalue weighted by Crippen LogP contribution is -3.15. The number of rotatable bonds is 8. The molecule has 2 aromatic rings. The summed E-state index contributed by atoms with van der Waals surface area (Å²) in [6, 6.07) is 10.3. The number of hydrogen-bond donors (Lipinski definition) is 1. The number of piperazine rings is 1. The maximum Gasteiger partial charge on any atom is 0.218 e. The smallest absolute Gasteiger partial charge is 0.218 e. The van der Waals surface area contributed by atoms with Gasteiger partial charge in [0.25, 0.3) is 0 Å². The third-order valence-electron chi connectivity index (χ3n) is 6.67. The first-order chi connectivity index (χ1) is 15.1. The molecule has 0 unspecified atom stereocenters. The van der Waals surface area contributed by atoms with E-state index in [1.54, 1.807) is 0 Å². The second-order valence-corrected chi connectivity index (χ2v) is 8.77. The highest BCUT2D eigenvalue weighted by Crippen LogP contribution is 2.28. The van der Waals surface area contributed by atoms with Gasteiger partial charge in [-0.25, -0.2) is 0 Å². The fourth-order valence-corrected chi connectivity index (χ4v) is 4.92. The van der Waals surface area contributed by atoms with Gasteiger partial charge in [-0.2, -0.15) is 0 Å². The Morgan fingerprint density at radius 2 is 2.00 bits per heavy atom. The zero-order valence-corrected chi connectivity index (χ0v) is 19.2. The Morgan fingerprint density at radius 3 is 2.71 bits per heavy atom. The van der Waals surface area contributed by atoms with Crippen LogP contribution in [0.25, 0.3) is 0 Å². The lowest BCUT2D eigenvalue weighted by atomic mass is 10.1. The Bertz CT molecular complexity index is 893. The van der Waals surface area contributed by atoms with E-state index in [0.29, 0.717) is 13.2 Å². The number of para-hydroxylation sites is 2.